The molecule has 5 nitrogen and oxygen atoms in total. The molecule has 0 spiro atoms. The molecule has 1 aromatic heterocycles. The molecule has 2 rings (SSSR count). The van der Waals surface area contributed by atoms with Gasteiger partial charge in [-0.2, -0.15) is 0 Å². The van der Waals surface area contributed by atoms with Gasteiger partial charge in [0.2, 0.25) is 5.28 Å². The first kappa shape index (κ1) is 12.5. The molecule has 0 amide bonds. The van der Waals surface area contributed by atoms with Crippen molar-refractivity contribution < 1.29 is 14.3 Å². The highest BCUT2D eigenvalue weighted by Crippen LogP contribution is 2.15. The molecular formula is C11H8ClFN2O3. The van der Waals surface area contributed by atoms with Crippen molar-refractivity contribution in [3.05, 3.63) is 39.7 Å². The quantitative estimate of drug-likeness (QED) is 0.861. The summed E-state index contributed by atoms with van der Waals surface area (Å²) in [6.45, 7) is -0.105. The number of nitrogens with zero attached hydrogens (tertiary/aromatic N) is 2. The summed E-state index contributed by atoms with van der Waals surface area (Å²) in [5.41, 5.74) is -0.662. The number of hydrogen-bond donors (Lipinski definition) is 1. The lowest BCUT2D eigenvalue weighted by Gasteiger charge is -2.08. The Bertz CT molecular complexity index is 684. The zero-order chi connectivity index (χ0) is 13.3. The fraction of sp³-hybridized carbons (Fsp3) is 0.182. The summed E-state index contributed by atoms with van der Waals surface area (Å²) in [4.78, 5) is 26.2. The van der Waals surface area contributed by atoms with Crippen molar-refractivity contribution in [2.45, 2.75) is 13.0 Å². The van der Waals surface area contributed by atoms with Gasteiger partial charge in [-0.25, -0.2) is 9.37 Å². The second-order valence-corrected chi connectivity index (χ2v) is 3.96. The number of benzene rings is 1. The summed E-state index contributed by atoms with van der Waals surface area (Å²) >= 11 is 5.76. The van der Waals surface area contributed by atoms with Crippen molar-refractivity contribution in [3.63, 3.8) is 0 Å². The van der Waals surface area contributed by atoms with Gasteiger partial charge in [0.1, 0.15) is 11.3 Å². The Kier molecular flexibility index (Phi) is 3.29. The van der Waals surface area contributed by atoms with Gasteiger partial charge in [0.15, 0.2) is 0 Å². The van der Waals surface area contributed by atoms with Crippen LogP contribution < -0.4 is 5.56 Å². The number of hydrogen-bond acceptors (Lipinski definition) is 3. The summed E-state index contributed by atoms with van der Waals surface area (Å²) in [5, 5.41) is 8.43. The van der Waals surface area contributed by atoms with E-state index in [0.717, 1.165) is 4.57 Å². The van der Waals surface area contributed by atoms with E-state index in [-0.39, 0.29) is 29.2 Å². The van der Waals surface area contributed by atoms with Crippen LogP contribution in [-0.2, 0) is 11.3 Å². The Morgan fingerprint density at radius 2 is 2.22 bits per heavy atom. The molecule has 0 radical (unpaired) electrons. The van der Waals surface area contributed by atoms with Gasteiger partial charge in [-0.1, -0.05) is 6.07 Å². The van der Waals surface area contributed by atoms with Gasteiger partial charge in [0, 0.05) is 6.54 Å². The van der Waals surface area contributed by atoms with E-state index in [4.69, 9.17) is 16.7 Å². The summed E-state index contributed by atoms with van der Waals surface area (Å²) in [5.74, 6) is -1.70. The molecule has 0 aliphatic heterocycles. The molecule has 18 heavy (non-hydrogen) atoms. The van der Waals surface area contributed by atoms with Crippen molar-refractivity contribution in [1.82, 2.24) is 9.55 Å². The number of carbonyl (C=O) groups is 1. The maximum absolute atomic E-state index is 13.4. The van der Waals surface area contributed by atoms with Crippen molar-refractivity contribution in [2.24, 2.45) is 0 Å². The van der Waals surface area contributed by atoms with Crippen LogP contribution in [0.25, 0.3) is 10.9 Å². The molecule has 1 heterocycles. The monoisotopic (exact) mass is 270 g/mol. The van der Waals surface area contributed by atoms with E-state index >= 15 is 0 Å². The predicted molar refractivity (Wildman–Crippen MR) is 63.2 cm³/mol. The molecule has 1 aromatic carbocycles. The highest BCUT2D eigenvalue weighted by molar-refractivity contribution is 6.28. The van der Waals surface area contributed by atoms with Crippen LogP contribution in [0.4, 0.5) is 4.39 Å². The SMILES string of the molecule is O=C(O)CCn1c(Cl)nc2c(F)cccc2c1=O. The molecule has 0 fully saturated rings. The van der Waals surface area contributed by atoms with Crippen molar-refractivity contribution in [1.29, 1.82) is 0 Å². The molecule has 2 aromatic rings. The van der Waals surface area contributed by atoms with Crippen LogP contribution in [0.3, 0.4) is 0 Å². The van der Waals surface area contributed by atoms with Gasteiger partial charge in [0.05, 0.1) is 11.8 Å². The van der Waals surface area contributed by atoms with Crippen molar-refractivity contribution >= 4 is 28.5 Å². The molecule has 0 saturated heterocycles. The largest absolute Gasteiger partial charge is 0.481 e. The summed E-state index contributed by atoms with van der Waals surface area (Å²) in [6.07, 6.45) is -0.262. The average molecular weight is 271 g/mol. The van der Waals surface area contributed by atoms with Crippen LogP contribution in [0.15, 0.2) is 23.0 Å². The number of fused-ring (bicyclic) bond motifs is 1. The molecular weight excluding hydrogens is 263 g/mol. The Hall–Kier alpha value is -1.95. The molecule has 7 heteroatoms. The molecule has 0 atom stereocenters. The number of carboxylic acid groups (broad SMARTS) is 1. The third-order valence-corrected chi connectivity index (χ3v) is 2.73. The van der Waals surface area contributed by atoms with E-state index in [1.54, 1.807) is 0 Å². The summed E-state index contributed by atoms with van der Waals surface area (Å²) < 4.78 is 14.4. The molecule has 1 N–H and O–H groups in total. The van der Waals surface area contributed by atoms with Gasteiger partial charge in [-0.3, -0.25) is 14.2 Å². The van der Waals surface area contributed by atoms with Gasteiger partial charge in [0.25, 0.3) is 5.56 Å². The molecule has 94 valence electrons. The van der Waals surface area contributed by atoms with E-state index in [9.17, 15) is 14.0 Å². The van der Waals surface area contributed by atoms with Gasteiger partial charge in [-0.05, 0) is 23.7 Å². The zero-order valence-corrected chi connectivity index (χ0v) is 9.82. The second-order valence-electron chi connectivity index (χ2n) is 3.62. The molecule has 0 saturated carbocycles. The van der Waals surface area contributed by atoms with Crippen LogP contribution in [0.1, 0.15) is 6.42 Å². The first-order chi connectivity index (χ1) is 8.50. The average Bonchev–Trinajstić information content (AvgIpc) is 2.30. The number of aromatic nitrogens is 2. The Morgan fingerprint density at radius 1 is 1.50 bits per heavy atom. The lowest BCUT2D eigenvalue weighted by atomic mass is 10.2. The summed E-state index contributed by atoms with van der Waals surface area (Å²) in [7, 11) is 0. The number of para-hydroxylation sites is 1. The van der Waals surface area contributed by atoms with Crippen LogP contribution in [-0.4, -0.2) is 20.6 Å². The lowest BCUT2D eigenvalue weighted by molar-refractivity contribution is -0.137. The van der Waals surface area contributed by atoms with E-state index in [1.165, 1.54) is 18.2 Å². The standard InChI is InChI=1S/C11H8ClFN2O3/c12-11-14-9-6(2-1-3-7(9)13)10(18)15(11)5-4-8(16)17/h1-3H,4-5H2,(H,16,17). The number of aliphatic carboxylic acids is 1. The van der Waals surface area contributed by atoms with Gasteiger partial charge >= 0.3 is 5.97 Å². The van der Waals surface area contributed by atoms with E-state index in [0.29, 0.717) is 0 Å². The fourth-order valence-electron chi connectivity index (χ4n) is 1.58. The molecule has 0 aliphatic carbocycles. The Balaban J connectivity index is 2.62. The lowest BCUT2D eigenvalue weighted by Crippen LogP contribution is -2.23. The second kappa shape index (κ2) is 4.73. The normalized spacial score (nSPS) is 10.8. The predicted octanol–water partition coefficient (Wildman–Crippen LogP) is 1.66. The van der Waals surface area contributed by atoms with E-state index in [2.05, 4.69) is 4.98 Å². The minimum atomic E-state index is -1.06. The topological polar surface area (TPSA) is 72.2 Å². The van der Waals surface area contributed by atoms with Crippen molar-refractivity contribution in [2.75, 3.05) is 0 Å². The number of carboxylic acids is 1. The van der Waals surface area contributed by atoms with Gasteiger partial charge < -0.3 is 5.11 Å². The van der Waals surface area contributed by atoms with E-state index < -0.39 is 17.3 Å². The zero-order valence-electron chi connectivity index (χ0n) is 9.06. The van der Waals surface area contributed by atoms with Crippen LogP contribution >= 0.6 is 11.6 Å². The highest BCUT2D eigenvalue weighted by Gasteiger charge is 2.12. The Morgan fingerprint density at radius 3 is 2.89 bits per heavy atom. The number of halogens is 2. The van der Waals surface area contributed by atoms with E-state index in [1.807, 2.05) is 0 Å². The van der Waals surface area contributed by atoms with Crippen molar-refractivity contribution in [3.8, 4) is 0 Å². The molecule has 0 unspecified atom stereocenters. The Labute approximate surface area is 105 Å². The van der Waals surface area contributed by atoms with Crippen LogP contribution in [0, 0.1) is 5.82 Å². The highest BCUT2D eigenvalue weighted by atomic mass is 35.5. The minimum Gasteiger partial charge on any atom is -0.481 e. The smallest absolute Gasteiger partial charge is 0.305 e. The number of rotatable bonds is 3. The summed E-state index contributed by atoms with van der Waals surface area (Å²) in [6, 6.07) is 3.98. The maximum atomic E-state index is 13.4. The molecule has 0 aliphatic rings. The third kappa shape index (κ3) is 2.19. The minimum absolute atomic E-state index is 0.0739. The maximum Gasteiger partial charge on any atom is 0.305 e. The fourth-order valence-corrected chi connectivity index (χ4v) is 1.83. The first-order valence-corrected chi connectivity index (χ1v) is 5.45. The third-order valence-electron chi connectivity index (χ3n) is 2.44. The van der Waals surface area contributed by atoms with Crippen LogP contribution in [0.2, 0.25) is 5.28 Å². The van der Waals surface area contributed by atoms with Crippen LogP contribution in [0.5, 0.6) is 0 Å². The molecule has 0 bridgehead atoms. The first-order valence-electron chi connectivity index (χ1n) is 5.07. The van der Waals surface area contributed by atoms with Gasteiger partial charge in [-0.15, -0.1) is 0 Å².